The van der Waals surface area contributed by atoms with Gasteiger partial charge in [0.15, 0.2) is 0 Å². The van der Waals surface area contributed by atoms with E-state index >= 15 is 0 Å². The molecule has 1 saturated heterocycles. The van der Waals surface area contributed by atoms with Crippen LogP contribution < -0.4 is 0 Å². The number of phosphoric ester groups is 1. The van der Waals surface area contributed by atoms with Crippen LogP contribution in [0, 0.1) is 17.8 Å². The number of ether oxygens (including phenoxy) is 1. The number of carbonyl (C=O) groups is 2. The Bertz CT molecular complexity index is 631. The monoisotopic (exact) mass is 413 g/mol. The normalized spacial score (nSPS) is 28.4. The first-order valence-corrected chi connectivity index (χ1v) is 10.3. The van der Waals surface area contributed by atoms with Gasteiger partial charge in [0.05, 0.1) is 6.61 Å². The molecule has 3 atom stereocenters. The molecule has 11 heteroatoms. The topological polar surface area (TPSA) is 113 Å². The Hall–Kier alpha value is -1.09. The molecular weight excluding hydrogens is 387 g/mol. The Balaban J connectivity index is 2.00. The second-order valence-corrected chi connectivity index (χ2v) is 9.47. The highest BCUT2D eigenvalue weighted by atomic mass is 31.2. The smallest absolute Gasteiger partial charge is 0.444 e. The third kappa shape index (κ3) is 6.48. The first-order valence-electron chi connectivity index (χ1n) is 8.76. The Labute approximate surface area is 156 Å². The molecule has 2 N–H and O–H groups in total. The third-order valence-corrected chi connectivity index (χ3v) is 5.20. The van der Waals surface area contributed by atoms with Crippen molar-refractivity contribution in [2.75, 3.05) is 19.7 Å². The summed E-state index contributed by atoms with van der Waals surface area (Å²) in [6, 6.07) is 0. The number of hydrogen-bond donors (Lipinski definition) is 2. The number of halogens is 2. The number of ketones is 1. The van der Waals surface area contributed by atoms with Crippen LogP contribution in [0.3, 0.4) is 0 Å². The summed E-state index contributed by atoms with van der Waals surface area (Å²) in [6.07, 6.45) is -1.56. The summed E-state index contributed by atoms with van der Waals surface area (Å²) in [5.74, 6) is -6.15. The van der Waals surface area contributed by atoms with Gasteiger partial charge < -0.3 is 19.4 Å². The van der Waals surface area contributed by atoms with Gasteiger partial charge in [-0.25, -0.2) is 18.1 Å². The maximum atomic E-state index is 13.8. The molecule has 1 aliphatic heterocycles. The highest BCUT2D eigenvalue weighted by Gasteiger charge is 2.51. The first-order chi connectivity index (χ1) is 12.2. The lowest BCUT2D eigenvalue weighted by Gasteiger charge is -2.25. The average Bonchev–Trinajstić information content (AvgIpc) is 3.06. The van der Waals surface area contributed by atoms with Crippen molar-refractivity contribution in [2.24, 2.45) is 17.8 Å². The van der Waals surface area contributed by atoms with E-state index in [4.69, 9.17) is 14.5 Å². The van der Waals surface area contributed by atoms with Crippen molar-refractivity contribution >= 4 is 19.7 Å². The van der Waals surface area contributed by atoms with Gasteiger partial charge in [0.1, 0.15) is 11.4 Å². The van der Waals surface area contributed by atoms with Gasteiger partial charge in [0, 0.05) is 37.8 Å². The molecule has 2 rings (SSSR count). The standard InChI is InChI=1S/C16H26F2NO7P/c1-15(2,3)26-14(21)19-5-4-10(8-19)13(20)12-7-16(17,18)6-11(12)9-25-27(22,23)24/h10-12H,4-9H2,1-3H3,(H2,22,23,24)/t10?,11-,12?/m0/s1. The number of hydrogen-bond acceptors (Lipinski definition) is 5. The zero-order valence-electron chi connectivity index (χ0n) is 15.6. The van der Waals surface area contributed by atoms with E-state index in [0.29, 0.717) is 6.42 Å². The fourth-order valence-electron chi connectivity index (χ4n) is 3.59. The second-order valence-electron chi connectivity index (χ2n) is 8.23. The van der Waals surface area contributed by atoms with E-state index in [0.717, 1.165) is 0 Å². The molecule has 2 fully saturated rings. The van der Waals surface area contributed by atoms with E-state index in [1.807, 2.05) is 0 Å². The molecule has 1 aliphatic carbocycles. The Morgan fingerprint density at radius 3 is 2.44 bits per heavy atom. The van der Waals surface area contributed by atoms with E-state index in [1.54, 1.807) is 20.8 Å². The molecule has 2 aliphatic rings. The van der Waals surface area contributed by atoms with Gasteiger partial charge >= 0.3 is 13.9 Å². The van der Waals surface area contributed by atoms with Crippen molar-refractivity contribution in [3.8, 4) is 0 Å². The quantitative estimate of drug-likeness (QED) is 0.666. The van der Waals surface area contributed by atoms with E-state index in [2.05, 4.69) is 4.52 Å². The molecule has 1 saturated carbocycles. The van der Waals surface area contributed by atoms with Crippen LogP contribution in [0.2, 0.25) is 0 Å². The number of likely N-dealkylation sites (tertiary alicyclic amines) is 1. The number of alkyl halides is 2. The van der Waals surface area contributed by atoms with Crippen LogP contribution in [-0.4, -0.2) is 57.8 Å². The summed E-state index contributed by atoms with van der Waals surface area (Å²) in [6.45, 7) is 4.92. The fraction of sp³-hybridized carbons (Fsp3) is 0.875. The first kappa shape index (κ1) is 22.2. The van der Waals surface area contributed by atoms with Crippen LogP contribution in [0.5, 0.6) is 0 Å². The van der Waals surface area contributed by atoms with Crippen LogP contribution in [0.25, 0.3) is 0 Å². The maximum Gasteiger partial charge on any atom is 0.469 e. The lowest BCUT2D eigenvalue weighted by Crippen LogP contribution is -2.36. The maximum absolute atomic E-state index is 13.8. The molecule has 0 aromatic rings. The zero-order valence-corrected chi connectivity index (χ0v) is 16.5. The minimum atomic E-state index is -4.81. The van der Waals surface area contributed by atoms with Gasteiger partial charge in [0.25, 0.3) is 0 Å². The Kier molecular flexibility index (Phi) is 6.36. The summed E-state index contributed by atoms with van der Waals surface area (Å²) in [5.41, 5.74) is -0.683. The number of nitrogens with zero attached hydrogens (tertiary/aromatic N) is 1. The van der Waals surface area contributed by atoms with Crippen molar-refractivity contribution in [2.45, 2.75) is 51.6 Å². The summed E-state index contributed by atoms with van der Waals surface area (Å²) in [5, 5.41) is 0. The summed E-state index contributed by atoms with van der Waals surface area (Å²) < 4.78 is 48.1. The molecule has 0 aromatic carbocycles. The minimum Gasteiger partial charge on any atom is -0.444 e. The largest absolute Gasteiger partial charge is 0.469 e. The Morgan fingerprint density at radius 2 is 1.89 bits per heavy atom. The number of rotatable bonds is 5. The van der Waals surface area contributed by atoms with Gasteiger partial charge in [-0.15, -0.1) is 0 Å². The van der Waals surface area contributed by atoms with Crippen molar-refractivity contribution in [3.63, 3.8) is 0 Å². The minimum absolute atomic E-state index is 0.0852. The molecule has 0 aromatic heterocycles. The van der Waals surface area contributed by atoms with Crippen LogP contribution in [0.1, 0.15) is 40.0 Å². The van der Waals surface area contributed by atoms with Crippen molar-refractivity contribution in [1.82, 2.24) is 4.90 Å². The second kappa shape index (κ2) is 7.73. The van der Waals surface area contributed by atoms with Gasteiger partial charge in [-0.05, 0) is 33.1 Å². The highest BCUT2D eigenvalue weighted by molar-refractivity contribution is 7.46. The number of amides is 1. The van der Waals surface area contributed by atoms with Gasteiger partial charge in [0.2, 0.25) is 5.92 Å². The van der Waals surface area contributed by atoms with Gasteiger partial charge in [-0.3, -0.25) is 9.32 Å². The average molecular weight is 413 g/mol. The summed E-state index contributed by atoms with van der Waals surface area (Å²) >= 11 is 0. The van der Waals surface area contributed by atoms with Crippen LogP contribution in [0.15, 0.2) is 0 Å². The fourth-order valence-corrected chi connectivity index (χ4v) is 3.97. The molecule has 0 radical (unpaired) electrons. The number of phosphoric acid groups is 1. The molecule has 156 valence electrons. The lowest BCUT2D eigenvalue weighted by molar-refractivity contribution is -0.128. The van der Waals surface area contributed by atoms with Gasteiger partial charge in [-0.2, -0.15) is 0 Å². The van der Waals surface area contributed by atoms with Crippen LogP contribution in [0.4, 0.5) is 13.6 Å². The van der Waals surface area contributed by atoms with Crippen LogP contribution in [-0.2, 0) is 18.6 Å². The zero-order chi connectivity index (χ0) is 20.6. The summed E-state index contributed by atoms with van der Waals surface area (Å²) in [7, 11) is -4.81. The molecule has 1 heterocycles. The number of carbonyl (C=O) groups excluding carboxylic acids is 2. The van der Waals surface area contributed by atoms with E-state index in [1.165, 1.54) is 4.90 Å². The molecule has 0 spiro atoms. The van der Waals surface area contributed by atoms with Crippen LogP contribution >= 0.6 is 7.82 Å². The van der Waals surface area contributed by atoms with Gasteiger partial charge in [-0.1, -0.05) is 0 Å². The molecule has 27 heavy (non-hydrogen) atoms. The Morgan fingerprint density at radius 1 is 1.26 bits per heavy atom. The highest BCUT2D eigenvalue weighted by Crippen LogP contribution is 2.47. The lowest BCUT2D eigenvalue weighted by atomic mass is 9.85. The van der Waals surface area contributed by atoms with Crippen molar-refractivity contribution < 1.29 is 42.0 Å². The predicted molar refractivity (Wildman–Crippen MR) is 90.1 cm³/mol. The third-order valence-electron chi connectivity index (χ3n) is 4.71. The predicted octanol–water partition coefficient (Wildman–Crippen LogP) is 2.58. The molecule has 2 unspecified atom stereocenters. The molecule has 8 nitrogen and oxygen atoms in total. The van der Waals surface area contributed by atoms with E-state index in [-0.39, 0.29) is 13.1 Å². The molecule has 0 bridgehead atoms. The van der Waals surface area contributed by atoms with Crippen molar-refractivity contribution in [1.29, 1.82) is 0 Å². The number of Topliss-reactive ketones (excluding diaryl/α,β-unsaturated/α-hetero) is 1. The summed E-state index contributed by atoms with van der Waals surface area (Å²) in [4.78, 5) is 43.8. The molecular formula is C16H26F2NO7P. The SMILES string of the molecule is CC(C)(C)OC(=O)N1CCC(C(=O)C2CC(F)(F)C[C@H]2COP(=O)(O)O)C1. The molecule has 1 amide bonds. The van der Waals surface area contributed by atoms with E-state index < -0.39 is 68.4 Å². The van der Waals surface area contributed by atoms with Crippen molar-refractivity contribution in [3.05, 3.63) is 0 Å². The van der Waals surface area contributed by atoms with E-state index in [9.17, 15) is 22.9 Å².